The van der Waals surface area contributed by atoms with Crippen molar-refractivity contribution in [2.45, 2.75) is 57.9 Å². The molecule has 2 aliphatic rings. The first-order valence-corrected chi connectivity index (χ1v) is 12.8. The number of benzene rings is 1. The predicted molar refractivity (Wildman–Crippen MR) is 134 cm³/mol. The number of likely N-dealkylation sites (N-methyl/N-ethyl adjacent to an activating group) is 1. The van der Waals surface area contributed by atoms with Crippen LogP contribution in [0.4, 0.5) is 11.6 Å². The molecule has 2 aromatic heterocycles. The average molecular weight is 462 g/mol. The number of fused-ring (bicyclic) bond motifs is 1. The van der Waals surface area contributed by atoms with Crippen molar-refractivity contribution in [3.8, 4) is 0 Å². The Balaban J connectivity index is 1.34. The van der Waals surface area contributed by atoms with Gasteiger partial charge in [0.2, 0.25) is 11.9 Å². The average Bonchev–Trinajstić information content (AvgIpc) is 3.19. The van der Waals surface area contributed by atoms with E-state index >= 15 is 0 Å². The third kappa shape index (κ3) is 5.06. The Morgan fingerprint density at radius 2 is 1.76 bits per heavy atom. The van der Waals surface area contributed by atoms with E-state index in [-0.39, 0.29) is 5.91 Å². The van der Waals surface area contributed by atoms with Gasteiger partial charge in [-0.15, -0.1) is 0 Å². The molecule has 1 saturated carbocycles. The predicted octanol–water partition coefficient (Wildman–Crippen LogP) is 3.92. The van der Waals surface area contributed by atoms with Crippen LogP contribution < -0.4 is 4.90 Å². The van der Waals surface area contributed by atoms with E-state index in [0.29, 0.717) is 18.4 Å². The number of hydrogen-bond donors (Lipinski definition) is 1. The Kier molecular flexibility index (Phi) is 7.04. The molecule has 2 fully saturated rings. The van der Waals surface area contributed by atoms with Gasteiger partial charge in [0, 0.05) is 44.1 Å². The molecule has 1 aromatic carbocycles. The zero-order valence-electron chi connectivity index (χ0n) is 20.1. The van der Waals surface area contributed by atoms with Crippen LogP contribution in [0.2, 0.25) is 0 Å². The number of nitrogens with zero attached hydrogens (tertiary/aromatic N) is 6. The van der Waals surface area contributed by atoms with Gasteiger partial charge in [-0.25, -0.2) is 4.98 Å². The molecule has 1 N–H and O–H groups in total. The maximum atomic E-state index is 12.9. The lowest BCUT2D eigenvalue weighted by atomic mass is 10.0. The lowest BCUT2D eigenvalue weighted by Gasteiger charge is -2.34. The van der Waals surface area contributed by atoms with Gasteiger partial charge in [-0.2, -0.15) is 10.1 Å². The number of hydrogen-bond acceptors (Lipinski definition) is 6. The summed E-state index contributed by atoms with van der Waals surface area (Å²) in [4.78, 5) is 29.0. The standard InChI is InChI=1S/C26H35N7O/c1-2-31-13-15-32(16-14-31)24(34)17-20-9-11-23(12-10-20)33(22-7-5-3-4-6-8-22)26-27-18-21-19-28-30-25(21)29-26/h9-12,18-19,22H,2-8,13-17H2,1H3,(H,27,28,29,30). The molecule has 3 aromatic rings. The van der Waals surface area contributed by atoms with Crippen LogP contribution in [-0.4, -0.2) is 74.6 Å². The minimum absolute atomic E-state index is 0.220. The number of aromatic amines is 1. The molecule has 0 bridgehead atoms. The Labute approximate surface area is 201 Å². The highest BCUT2D eigenvalue weighted by molar-refractivity contribution is 5.79. The summed E-state index contributed by atoms with van der Waals surface area (Å²) in [5.74, 6) is 0.929. The van der Waals surface area contributed by atoms with Crippen molar-refractivity contribution >= 4 is 28.6 Å². The Morgan fingerprint density at radius 1 is 1.03 bits per heavy atom. The largest absolute Gasteiger partial charge is 0.340 e. The first kappa shape index (κ1) is 22.8. The smallest absolute Gasteiger partial charge is 0.232 e. The van der Waals surface area contributed by atoms with Crippen molar-refractivity contribution in [3.63, 3.8) is 0 Å². The summed E-state index contributed by atoms with van der Waals surface area (Å²) in [5.41, 5.74) is 2.89. The number of anilines is 2. The molecule has 1 saturated heterocycles. The highest BCUT2D eigenvalue weighted by Gasteiger charge is 2.25. The van der Waals surface area contributed by atoms with Crippen LogP contribution in [0.25, 0.3) is 11.0 Å². The second-order valence-corrected chi connectivity index (χ2v) is 9.52. The van der Waals surface area contributed by atoms with Crippen molar-refractivity contribution in [3.05, 3.63) is 42.2 Å². The summed E-state index contributed by atoms with van der Waals surface area (Å²) in [5, 5.41) is 8.00. The zero-order chi connectivity index (χ0) is 23.3. The summed E-state index contributed by atoms with van der Waals surface area (Å²) in [6.07, 6.45) is 11.3. The van der Waals surface area contributed by atoms with Crippen molar-refractivity contribution in [1.29, 1.82) is 0 Å². The molecule has 0 atom stereocenters. The van der Waals surface area contributed by atoms with Crippen LogP contribution in [0.15, 0.2) is 36.7 Å². The fourth-order valence-electron chi connectivity index (χ4n) is 5.22. The molecule has 3 heterocycles. The fourth-order valence-corrected chi connectivity index (χ4v) is 5.22. The molecule has 8 nitrogen and oxygen atoms in total. The van der Waals surface area contributed by atoms with E-state index in [4.69, 9.17) is 9.97 Å². The van der Waals surface area contributed by atoms with Gasteiger partial charge in [0.15, 0.2) is 5.65 Å². The number of piperazine rings is 1. The minimum Gasteiger partial charge on any atom is -0.340 e. The molecule has 0 radical (unpaired) electrons. The third-order valence-electron chi connectivity index (χ3n) is 7.33. The van der Waals surface area contributed by atoms with E-state index < -0.39 is 0 Å². The molecule has 1 aliphatic heterocycles. The molecule has 0 unspecified atom stereocenters. The van der Waals surface area contributed by atoms with Crippen LogP contribution in [0.1, 0.15) is 51.0 Å². The summed E-state index contributed by atoms with van der Waals surface area (Å²) >= 11 is 0. The molecule has 34 heavy (non-hydrogen) atoms. The van der Waals surface area contributed by atoms with E-state index in [0.717, 1.165) is 67.8 Å². The molecule has 1 aliphatic carbocycles. The summed E-state index contributed by atoms with van der Waals surface area (Å²) in [6, 6.07) is 8.80. The first-order chi connectivity index (χ1) is 16.7. The minimum atomic E-state index is 0.220. The second-order valence-electron chi connectivity index (χ2n) is 9.52. The van der Waals surface area contributed by atoms with Crippen LogP contribution in [0.3, 0.4) is 0 Å². The van der Waals surface area contributed by atoms with Gasteiger partial charge < -0.3 is 14.7 Å². The van der Waals surface area contributed by atoms with E-state index in [1.165, 1.54) is 25.7 Å². The lowest BCUT2D eigenvalue weighted by Crippen LogP contribution is -2.48. The van der Waals surface area contributed by atoms with Crippen molar-refractivity contribution in [2.75, 3.05) is 37.6 Å². The summed E-state index contributed by atoms with van der Waals surface area (Å²) in [7, 11) is 0. The summed E-state index contributed by atoms with van der Waals surface area (Å²) in [6.45, 7) is 6.82. The van der Waals surface area contributed by atoms with Crippen molar-refractivity contribution < 1.29 is 4.79 Å². The Bertz CT molecular complexity index is 1080. The highest BCUT2D eigenvalue weighted by Crippen LogP contribution is 2.32. The normalized spacial score (nSPS) is 18.2. The van der Waals surface area contributed by atoms with E-state index in [2.05, 4.69) is 51.2 Å². The molecule has 5 rings (SSSR count). The van der Waals surface area contributed by atoms with Gasteiger partial charge in [0.1, 0.15) is 0 Å². The topological polar surface area (TPSA) is 81.2 Å². The van der Waals surface area contributed by atoms with E-state index in [1.54, 1.807) is 6.20 Å². The maximum Gasteiger partial charge on any atom is 0.232 e. The Hall–Kier alpha value is -3.00. The monoisotopic (exact) mass is 461 g/mol. The highest BCUT2D eigenvalue weighted by atomic mass is 16.2. The SMILES string of the molecule is CCN1CCN(C(=O)Cc2ccc(N(c3ncc4cn[nH]c4n3)C3CCCCCC3)cc2)CC1. The number of aromatic nitrogens is 4. The van der Waals surface area contributed by atoms with Crippen molar-refractivity contribution in [1.82, 2.24) is 30.0 Å². The number of rotatable bonds is 6. The third-order valence-corrected chi connectivity index (χ3v) is 7.33. The van der Waals surface area contributed by atoms with E-state index in [9.17, 15) is 4.79 Å². The number of H-pyrrole nitrogens is 1. The number of carbonyl (C=O) groups excluding carboxylic acids is 1. The van der Waals surface area contributed by atoms with Gasteiger partial charge >= 0.3 is 0 Å². The fraction of sp³-hybridized carbons (Fsp3) is 0.538. The molecular formula is C26H35N7O. The number of amides is 1. The van der Waals surface area contributed by atoms with Crippen molar-refractivity contribution in [2.24, 2.45) is 0 Å². The molecule has 8 heteroatoms. The summed E-state index contributed by atoms with van der Waals surface area (Å²) < 4.78 is 0. The van der Waals surface area contributed by atoms with Gasteiger partial charge in [-0.3, -0.25) is 9.89 Å². The molecule has 1 amide bonds. The van der Waals surface area contributed by atoms with E-state index in [1.807, 2.05) is 11.1 Å². The molecule has 180 valence electrons. The van der Waals surface area contributed by atoms with Crippen LogP contribution >= 0.6 is 0 Å². The quantitative estimate of drug-likeness (QED) is 0.561. The number of nitrogens with one attached hydrogen (secondary N) is 1. The van der Waals surface area contributed by atoms with Gasteiger partial charge in [0.25, 0.3) is 0 Å². The first-order valence-electron chi connectivity index (χ1n) is 12.8. The Morgan fingerprint density at radius 3 is 2.47 bits per heavy atom. The zero-order valence-corrected chi connectivity index (χ0v) is 20.1. The molecular weight excluding hydrogens is 426 g/mol. The lowest BCUT2D eigenvalue weighted by molar-refractivity contribution is -0.132. The van der Waals surface area contributed by atoms with Gasteiger partial charge in [-0.05, 0) is 37.1 Å². The van der Waals surface area contributed by atoms with Gasteiger partial charge in [0.05, 0.1) is 18.0 Å². The number of carbonyl (C=O) groups is 1. The van der Waals surface area contributed by atoms with Crippen LogP contribution in [0.5, 0.6) is 0 Å². The molecule has 0 spiro atoms. The second kappa shape index (κ2) is 10.5. The van der Waals surface area contributed by atoms with Crippen LogP contribution in [0, 0.1) is 0 Å². The maximum absolute atomic E-state index is 12.9. The van der Waals surface area contributed by atoms with Gasteiger partial charge in [-0.1, -0.05) is 44.7 Å². The van der Waals surface area contributed by atoms with Crippen LogP contribution in [-0.2, 0) is 11.2 Å².